The molecule has 0 unspecified atom stereocenters. The number of hydrogen-bond acceptors (Lipinski definition) is 5. The van der Waals surface area contributed by atoms with E-state index in [1.807, 2.05) is 18.2 Å². The van der Waals surface area contributed by atoms with Crippen molar-refractivity contribution in [2.24, 2.45) is 0 Å². The minimum atomic E-state index is -1.85. The Morgan fingerprint density at radius 2 is 1.85 bits per heavy atom. The molecule has 2 N–H and O–H groups in total. The van der Waals surface area contributed by atoms with Gasteiger partial charge in [-0.05, 0) is 36.1 Å². The molecule has 0 aliphatic rings. The smallest absolute Gasteiger partial charge is 0.338 e. The third kappa shape index (κ3) is 6.20. The summed E-state index contributed by atoms with van der Waals surface area (Å²) in [6, 6.07) is 14.5. The van der Waals surface area contributed by atoms with Crippen molar-refractivity contribution in [2.45, 2.75) is 32.0 Å². The van der Waals surface area contributed by atoms with Crippen molar-refractivity contribution in [3.05, 3.63) is 60.2 Å². The summed E-state index contributed by atoms with van der Waals surface area (Å²) in [4.78, 5) is 22.6. The lowest BCUT2D eigenvalue weighted by Crippen LogP contribution is -2.42. The zero-order valence-corrected chi connectivity index (χ0v) is 15.2. The Kier molecular flexibility index (Phi) is 7.98. The summed E-state index contributed by atoms with van der Waals surface area (Å²) in [5.41, 5.74) is 1.21. The van der Waals surface area contributed by atoms with Gasteiger partial charge in [0.15, 0.2) is 12.2 Å². The van der Waals surface area contributed by atoms with Gasteiger partial charge in [-0.1, -0.05) is 54.6 Å². The summed E-state index contributed by atoms with van der Waals surface area (Å²) >= 11 is 0. The van der Waals surface area contributed by atoms with Crippen LogP contribution in [0.25, 0.3) is 10.8 Å². The number of aryl methyl sites for hydroxylation is 1. The highest BCUT2D eigenvalue weighted by molar-refractivity contribution is 5.84. The number of carboxylic acids is 1. The Hall–Kier alpha value is -2.70. The van der Waals surface area contributed by atoms with Crippen LogP contribution < -0.4 is 0 Å². The molecule has 2 rings (SSSR count). The number of esters is 1. The summed E-state index contributed by atoms with van der Waals surface area (Å²) in [6.45, 7) is 1.60. The number of fused-ring (bicyclic) bond motifs is 1. The maximum Gasteiger partial charge on any atom is 0.338 e. The predicted molar refractivity (Wildman–Crippen MR) is 101 cm³/mol. The summed E-state index contributed by atoms with van der Waals surface area (Å²) in [6.07, 6.45) is 1.65. The number of hydrogen-bond donors (Lipinski definition) is 2. The first-order valence-electron chi connectivity index (χ1n) is 8.84. The molecule has 0 radical (unpaired) electrons. The molecular formula is C21H24O6. The van der Waals surface area contributed by atoms with E-state index in [1.165, 1.54) is 16.3 Å². The summed E-state index contributed by atoms with van der Waals surface area (Å²) < 4.78 is 9.71. The van der Waals surface area contributed by atoms with E-state index in [0.717, 1.165) is 12.8 Å². The van der Waals surface area contributed by atoms with Crippen molar-refractivity contribution in [2.75, 3.05) is 13.2 Å². The summed E-state index contributed by atoms with van der Waals surface area (Å²) in [5, 5.41) is 21.2. The Labute approximate surface area is 158 Å². The van der Waals surface area contributed by atoms with E-state index in [4.69, 9.17) is 9.84 Å². The molecule has 0 saturated carbocycles. The van der Waals surface area contributed by atoms with Crippen molar-refractivity contribution < 1.29 is 29.3 Å². The number of carbonyl (C=O) groups is 2. The van der Waals surface area contributed by atoms with E-state index in [9.17, 15) is 14.7 Å². The van der Waals surface area contributed by atoms with Gasteiger partial charge in [0.25, 0.3) is 0 Å². The maximum atomic E-state index is 11.4. The molecule has 0 aromatic heterocycles. The lowest BCUT2D eigenvalue weighted by Gasteiger charge is -2.17. The van der Waals surface area contributed by atoms with E-state index in [-0.39, 0.29) is 13.2 Å². The molecule has 2 atom stereocenters. The van der Waals surface area contributed by atoms with E-state index in [2.05, 4.69) is 35.1 Å². The molecule has 0 aliphatic carbocycles. The first-order valence-corrected chi connectivity index (χ1v) is 8.84. The van der Waals surface area contributed by atoms with Crippen molar-refractivity contribution in [3.8, 4) is 0 Å². The highest BCUT2D eigenvalue weighted by Gasteiger charge is 2.33. The van der Waals surface area contributed by atoms with E-state index in [1.54, 1.807) is 13.0 Å². The Morgan fingerprint density at radius 3 is 2.56 bits per heavy atom. The number of rotatable bonds is 10. The maximum absolute atomic E-state index is 11.4. The van der Waals surface area contributed by atoms with Crippen LogP contribution in [0.2, 0.25) is 0 Å². The average molecular weight is 372 g/mol. The normalized spacial score (nSPS) is 13.6. The second kappa shape index (κ2) is 10.4. The van der Waals surface area contributed by atoms with Gasteiger partial charge in [-0.3, -0.25) is 0 Å². The van der Waals surface area contributed by atoms with Crippen LogP contribution in [-0.2, 0) is 25.5 Å². The van der Waals surface area contributed by atoms with Crippen LogP contribution >= 0.6 is 0 Å². The van der Waals surface area contributed by atoms with Crippen LogP contribution in [0.5, 0.6) is 0 Å². The van der Waals surface area contributed by atoms with Crippen LogP contribution in [0.4, 0.5) is 0 Å². The fourth-order valence-corrected chi connectivity index (χ4v) is 2.64. The SMILES string of the molecule is CCOC(=O)[C@H](O)[C@@H](OC/C=C/CCc1ccc2ccccc2c1)C(=O)O. The number of aliphatic carboxylic acids is 1. The number of allylic oxidation sites excluding steroid dienone is 1. The van der Waals surface area contributed by atoms with E-state index >= 15 is 0 Å². The number of aliphatic hydroxyl groups is 1. The second-order valence-corrected chi connectivity index (χ2v) is 5.98. The highest BCUT2D eigenvalue weighted by Crippen LogP contribution is 2.16. The molecule has 0 heterocycles. The van der Waals surface area contributed by atoms with Gasteiger partial charge in [0, 0.05) is 0 Å². The molecule has 144 valence electrons. The third-order valence-corrected chi connectivity index (χ3v) is 4.01. The molecule has 0 spiro atoms. The van der Waals surface area contributed by atoms with Gasteiger partial charge in [-0.25, -0.2) is 9.59 Å². The molecule has 0 bridgehead atoms. The number of carboxylic acid groups (broad SMARTS) is 1. The number of benzene rings is 2. The first-order chi connectivity index (χ1) is 13.0. The molecule has 6 nitrogen and oxygen atoms in total. The number of aliphatic hydroxyl groups excluding tert-OH is 1. The highest BCUT2D eigenvalue weighted by atomic mass is 16.6. The van der Waals surface area contributed by atoms with Gasteiger partial charge in [0.1, 0.15) is 0 Å². The Bertz CT molecular complexity index is 798. The van der Waals surface area contributed by atoms with Crippen LogP contribution in [0.1, 0.15) is 18.9 Å². The average Bonchev–Trinajstić information content (AvgIpc) is 2.66. The molecule has 0 amide bonds. The largest absolute Gasteiger partial charge is 0.479 e. The van der Waals surface area contributed by atoms with Crippen molar-refractivity contribution in [3.63, 3.8) is 0 Å². The van der Waals surface area contributed by atoms with Crippen LogP contribution in [0.3, 0.4) is 0 Å². The molecule has 0 aliphatic heterocycles. The molecule has 27 heavy (non-hydrogen) atoms. The zero-order valence-electron chi connectivity index (χ0n) is 15.2. The van der Waals surface area contributed by atoms with Crippen LogP contribution in [0.15, 0.2) is 54.6 Å². The molecule has 0 saturated heterocycles. The quantitative estimate of drug-likeness (QED) is 0.492. The van der Waals surface area contributed by atoms with Gasteiger partial charge in [-0.15, -0.1) is 0 Å². The molecule has 2 aromatic rings. The standard InChI is InChI=1S/C21H24O6/c1-2-26-21(25)18(22)19(20(23)24)27-13-7-3-4-8-15-11-12-16-9-5-6-10-17(16)14-15/h3,5-7,9-12,14,18-19,22H,2,4,8,13H2,1H3,(H,23,24)/b7-3+/t18-,19-/m1/s1. The molecule has 6 heteroatoms. The molecular weight excluding hydrogens is 348 g/mol. The van der Waals surface area contributed by atoms with Crippen molar-refractivity contribution >= 4 is 22.7 Å². The summed E-state index contributed by atoms with van der Waals surface area (Å²) in [7, 11) is 0. The lowest BCUT2D eigenvalue weighted by atomic mass is 10.0. The van der Waals surface area contributed by atoms with E-state index in [0.29, 0.717) is 0 Å². The predicted octanol–water partition coefficient (Wildman–Crippen LogP) is 2.72. The van der Waals surface area contributed by atoms with Crippen molar-refractivity contribution in [1.82, 2.24) is 0 Å². The Balaban J connectivity index is 1.80. The first kappa shape index (κ1) is 20.6. The van der Waals surface area contributed by atoms with E-state index < -0.39 is 24.1 Å². The van der Waals surface area contributed by atoms with Crippen LogP contribution in [-0.4, -0.2) is 47.6 Å². The monoisotopic (exact) mass is 372 g/mol. The fraction of sp³-hybridized carbons (Fsp3) is 0.333. The lowest BCUT2D eigenvalue weighted by molar-refractivity contribution is -0.173. The van der Waals surface area contributed by atoms with Gasteiger partial charge in [-0.2, -0.15) is 0 Å². The van der Waals surface area contributed by atoms with Gasteiger partial charge >= 0.3 is 11.9 Å². The van der Waals surface area contributed by atoms with Gasteiger partial charge < -0.3 is 19.7 Å². The number of ether oxygens (including phenoxy) is 2. The summed E-state index contributed by atoms with van der Waals surface area (Å²) in [5.74, 6) is -2.43. The number of carbonyl (C=O) groups excluding carboxylic acids is 1. The third-order valence-electron chi connectivity index (χ3n) is 4.01. The minimum Gasteiger partial charge on any atom is -0.479 e. The van der Waals surface area contributed by atoms with Gasteiger partial charge in [0.2, 0.25) is 0 Å². The van der Waals surface area contributed by atoms with Crippen molar-refractivity contribution in [1.29, 1.82) is 0 Å². The molecule has 0 fully saturated rings. The second-order valence-electron chi connectivity index (χ2n) is 5.98. The minimum absolute atomic E-state index is 0.0227. The zero-order chi connectivity index (χ0) is 19.6. The fourth-order valence-electron chi connectivity index (χ4n) is 2.64. The molecule has 2 aromatic carbocycles. The van der Waals surface area contributed by atoms with Crippen LogP contribution in [0, 0.1) is 0 Å². The van der Waals surface area contributed by atoms with Gasteiger partial charge in [0.05, 0.1) is 13.2 Å². The topological polar surface area (TPSA) is 93.1 Å². The Morgan fingerprint density at radius 1 is 1.11 bits per heavy atom.